The molecule has 0 saturated carbocycles. The number of fused-ring (bicyclic) bond motifs is 1. The van der Waals surface area contributed by atoms with Crippen LogP contribution in [-0.4, -0.2) is 50.6 Å². The Morgan fingerprint density at radius 3 is 2.32 bits per heavy atom. The van der Waals surface area contributed by atoms with E-state index in [9.17, 15) is 27.6 Å². The summed E-state index contributed by atoms with van der Waals surface area (Å²) in [6.45, 7) is 0.256. The molecule has 0 unspecified atom stereocenters. The van der Waals surface area contributed by atoms with Gasteiger partial charge >= 0.3 is 7.60 Å². The topological polar surface area (TPSA) is 164 Å². The highest BCUT2D eigenvalue weighted by molar-refractivity contribution is 7.90. The molecule has 2 aromatic heterocycles. The number of hydrogen-bond donors (Lipinski definition) is 3. The molecule has 0 aliphatic rings. The maximum atomic E-state index is 12.8. The van der Waals surface area contributed by atoms with Gasteiger partial charge in [-0.05, 0) is 36.4 Å². The Bertz CT molecular complexity index is 1580. The monoisotopic (exact) mass is 524 g/mol. The normalized spacial score (nSPS) is 12.2. The van der Waals surface area contributed by atoms with Crippen molar-refractivity contribution in [2.24, 2.45) is 0 Å². The van der Waals surface area contributed by atoms with Crippen molar-refractivity contribution in [2.75, 3.05) is 12.9 Å². The number of imidazole rings is 1. The Kier molecular flexibility index (Phi) is 6.36. The number of aromatic amines is 1. The number of rotatable bonds is 7. The minimum atomic E-state index is -4.45. The van der Waals surface area contributed by atoms with Crippen molar-refractivity contribution in [1.82, 2.24) is 19.5 Å². The van der Waals surface area contributed by atoms with Gasteiger partial charge in [-0.15, -0.1) is 0 Å². The number of benzene rings is 2. The predicted octanol–water partition coefficient (Wildman–Crippen LogP) is 1.73. The van der Waals surface area contributed by atoms with Crippen LogP contribution in [0.2, 0.25) is 5.02 Å². The quantitative estimate of drug-likeness (QED) is 0.241. The third kappa shape index (κ3) is 5.06. The van der Waals surface area contributed by atoms with Crippen molar-refractivity contribution in [3.8, 4) is 17.1 Å². The van der Waals surface area contributed by atoms with Crippen LogP contribution in [0.1, 0.15) is 0 Å². The van der Waals surface area contributed by atoms with E-state index >= 15 is 0 Å². The molecule has 3 N–H and O–H groups in total. The van der Waals surface area contributed by atoms with Crippen molar-refractivity contribution in [3.63, 3.8) is 0 Å². The number of hydrogen-bond acceptors (Lipinski definition) is 7. The second-order valence-electron chi connectivity index (χ2n) is 7.30. The van der Waals surface area contributed by atoms with E-state index in [1.807, 2.05) is 0 Å². The van der Waals surface area contributed by atoms with E-state index in [2.05, 4.69) is 15.0 Å². The molecule has 0 spiro atoms. The first kappa shape index (κ1) is 24.1. The molecule has 178 valence electrons. The minimum Gasteiger partial charge on any atom is -0.492 e. The fourth-order valence-corrected chi connectivity index (χ4v) is 4.42. The summed E-state index contributed by atoms with van der Waals surface area (Å²) in [5.74, 6) is 0.795. The molecular weight excluding hydrogens is 507 g/mol. The van der Waals surface area contributed by atoms with Crippen LogP contribution in [0.5, 0.6) is 5.75 Å². The lowest BCUT2D eigenvalue weighted by atomic mass is 10.2. The molecule has 11 nitrogen and oxygen atoms in total. The van der Waals surface area contributed by atoms with E-state index < -0.39 is 28.1 Å². The van der Waals surface area contributed by atoms with Gasteiger partial charge in [0.1, 0.15) is 18.2 Å². The lowest BCUT2D eigenvalue weighted by molar-refractivity contribution is 0.300. The first-order chi connectivity index (χ1) is 15.9. The Morgan fingerprint density at radius 1 is 1.09 bits per heavy atom. The van der Waals surface area contributed by atoms with Gasteiger partial charge in [-0.3, -0.25) is 14.3 Å². The van der Waals surface area contributed by atoms with E-state index in [0.717, 1.165) is 6.26 Å². The summed E-state index contributed by atoms with van der Waals surface area (Å²) < 4.78 is 42.5. The first-order valence-electron chi connectivity index (χ1n) is 9.69. The number of sulfone groups is 1. The van der Waals surface area contributed by atoms with Crippen LogP contribution < -0.4 is 15.6 Å². The van der Waals surface area contributed by atoms with Crippen LogP contribution in [0, 0.1) is 0 Å². The van der Waals surface area contributed by atoms with Gasteiger partial charge in [0, 0.05) is 16.8 Å². The Balaban J connectivity index is 1.79. The number of ether oxygens (including phenoxy) is 1. The van der Waals surface area contributed by atoms with Gasteiger partial charge in [0.2, 0.25) is 15.0 Å². The van der Waals surface area contributed by atoms with Crippen LogP contribution >= 0.6 is 19.2 Å². The lowest BCUT2D eigenvalue weighted by Crippen LogP contribution is -2.19. The van der Waals surface area contributed by atoms with E-state index in [4.69, 9.17) is 16.3 Å². The van der Waals surface area contributed by atoms with Crippen LogP contribution in [-0.2, 0) is 20.9 Å². The van der Waals surface area contributed by atoms with Crippen LogP contribution in [0.4, 0.5) is 0 Å². The Hall–Kier alpha value is -3.02. The zero-order valence-electron chi connectivity index (χ0n) is 17.5. The molecule has 0 aliphatic carbocycles. The van der Waals surface area contributed by atoms with Crippen molar-refractivity contribution in [3.05, 3.63) is 63.9 Å². The van der Waals surface area contributed by atoms with Gasteiger partial charge in [-0.1, -0.05) is 23.7 Å². The number of nitrogens with zero attached hydrogens (tertiary/aromatic N) is 3. The van der Waals surface area contributed by atoms with E-state index in [1.54, 1.807) is 24.3 Å². The molecule has 0 bridgehead atoms. The van der Waals surface area contributed by atoms with Gasteiger partial charge in [0.25, 0.3) is 5.56 Å². The lowest BCUT2D eigenvalue weighted by Gasteiger charge is -2.11. The van der Waals surface area contributed by atoms with Gasteiger partial charge in [0.05, 0.1) is 11.8 Å². The summed E-state index contributed by atoms with van der Waals surface area (Å²) in [6, 6.07) is 12.1. The molecule has 0 atom stereocenters. The smallest absolute Gasteiger partial charge is 0.356 e. The molecule has 34 heavy (non-hydrogen) atoms. The maximum Gasteiger partial charge on any atom is 0.356 e. The zero-order chi connectivity index (χ0) is 24.7. The molecule has 2 heterocycles. The second kappa shape index (κ2) is 8.97. The molecule has 0 aliphatic heterocycles. The molecule has 14 heteroatoms. The van der Waals surface area contributed by atoms with Crippen molar-refractivity contribution in [2.45, 2.75) is 11.7 Å². The third-order valence-electron chi connectivity index (χ3n) is 4.80. The number of halogens is 1. The average molecular weight is 525 g/mol. The maximum absolute atomic E-state index is 12.8. The molecule has 0 amide bonds. The second-order valence-corrected chi connectivity index (χ2v) is 11.3. The van der Waals surface area contributed by atoms with Gasteiger partial charge in [-0.2, -0.15) is 4.98 Å². The standard InChI is InChI=1S/C20H18ClN4O7PS/c1-34(30,31)20-23-17-16(19(26)24-20)25(10-11-32-14-6-4-13(21)5-7-14)18(22-17)12-2-8-15(9-3-12)33(27,28)29/h2-9H,10-11H2,1H3,(H,23,24,26)(H2,27,28,29). The molecule has 0 radical (unpaired) electrons. The summed E-state index contributed by atoms with van der Waals surface area (Å²) in [5.41, 5.74) is -0.338. The summed E-state index contributed by atoms with van der Waals surface area (Å²) in [6.07, 6.45) is 0.912. The first-order valence-corrected chi connectivity index (χ1v) is 13.6. The number of nitrogens with one attached hydrogen (secondary N) is 1. The highest BCUT2D eigenvalue weighted by Crippen LogP contribution is 2.34. The van der Waals surface area contributed by atoms with Crippen molar-refractivity contribution in [1.29, 1.82) is 0 Å². The van der Waals surface area contributed by atoms with Gasteiger partial charge < -0.3 is 19.1 Å². The molecule has 4 aromatic rings. The molecule has 0 saturated heterocycles. The largest absolute Gasteiger partial charge is 0.492 e. The van der Waals surface area contributed by atoms with Crippen molar-refractivity contribution >= 4 is 45.5 Å². The molecular formula is C20H18ClN4O7PS. The summed E-state index contributed by atoms with van der Waals surface area (Å²) in [4.78, 5) is 42.1. The third-order valence-corrected chi connectivity index (χ3v) is 6.92. The number of aromatic nitrogens is 4. The molecule has 0 fully saturated rings. The summed E-state index contributed by atoms with van der Waals surface area (Å²) in [7, 11) is -8.25. The minimum absolute atomic E-state index is 0.0289. The summed E-state index contributed by atoms with van der Waals surface area (Å²) in [5, 5.41) is -0.149. The Labute approximate surface area is 198 Å². The average Bonchev–Trinajstić information content (AvgIpc) is 3.13. The fraction of sp³-hybridized carbons (Fsp3) is 0.150. The zero-order valence-corrected chi connectivity index (χ0v) is 20.0. The fourth-order valence-electron chi connectivity index (χ4n) is 3.23. The Morgan fingerprint density at radius 2 is 1.74 bits per heavy atom. The summed E-state index contributed by atoms with van der Waals surface area (Å²) >= 11 is 5.88. The predicted molar refractivity (Wildman–Crippen MR) is 125 cm³/mol. The van der Waals surface area contributed by atoms with Gasteiger partial charge in [0.15, 0.2) is 11.2 Å². The number of H-pyrrole nitrogens is 1. The van der Waals surface area contributed by atoms with E-state index in [0.29, 0.717) is 16.3 Å². The SMILES string of the molecule is CS(=O)(=O)c1nc2nc(-c3ccc(P(=O)(O)O)cc3)n(CCOc3ccc(Cl)cc3)c2c(=O)[nH]1. The highest BCUT2D eigenvalue weighted by atomic mass is 35.5. The highest BCUT2D eigenvalue weighted by Gasteiger charge is 2.22. The van der Waals surface area contributed by atoms with Crippen LogP contribution in [0.15, 0.2) is 58.5 Å². The molecule has 2 aromatic carbocycles. The molecule has 4 rings (SSSR count). The van der Waals surface area contributed by atoms with Crippen LogP contribution in [0.25, 0.3) is 22.6 Å². The van der Waals surface area contributed by atoms with E-state index in [-0.39, 0.29) is 35.4 Å². The van der Waals surface area contributed by atoms with Gasteiger partial charge in [-0.25, -0.2) is 13.4 Å². The van der Waals surface area contributed by atoms with Crippen molar-refractivity contribution < 1.29 is 27.5 Å². The van der Waals surface area contributed by atoms with E-state index in [1.165, 1.54) is 28.8 Å². The van der Waals surface area contributed by atoms with Crippen LogP contribution in [0.3, 0.4) is 0 Å².